The van der Waals surface area contributed by atoms with Crippen LogP contribution in [0.2, 0.25) is 5.02 Å². The number of hydrogen-bond acceptors (Lipinski definition) is 7. The molecule has 0 aliphatic heterocycles. The van der Waals surface area contributed by atoms with Crippen molar-refractivity contribution in [3.05, 3.63) is 75.7 Å². The number of nitrogens with zero attached hydrogens (tertiary/aromatic N) is 7. The van der Waals surface area contributed by atoms with Gasteiger partial charge in [0.25, 0.3) is 17.6 Å². The van der Waals surface area contributed by atoms with E-state index in [1.54, 1.807) is 0 Å². The molecule has 0 saturated heterocycles. The molecule has 0 aliphatic carbocycles. The summed E-state index contributed by atoms with van der Waals surface area (Å²) in [6, 6.07) is 6.08. The standard InChI is InChI=1S/C22H16ClF6N9O2/c1-10-6-11(24)7-13(18(39)30-2)16(10)32-19(40)15-8-12(34-38(15)17-14(23)4-3-5-31-17)9-37-35-20(33-36-37)21(25,26)22(27,28)29/h3-8H,9H2,1-2H3,(H,30,39)(H,32,40). The molecule has 3 aromatic heterocycles. The highest BCUT2D eigenvalue weighted by Crippen LogP contribution is 2.41. The molecular weight excluding hydrogens is 572 g/mol. The molecule has 2 amide bonds. The average Bonchev–Trinajstić information content (AvgIpc) is 3.52. The van der Waals surface area contributed by atoms with Crippen LogP contribution in [0.4, 0.5) is 32.0 Å². The van der Waals surface area contributed by atoms with Gasteiger partial charge in [0.05, 0.1) is 22.0 Å². The van der Waals surface area contributed by atoms with Gasteiger partial charge >= 0.3 is 12.1 Å². The summed E-state index contributed by atoms with van der Waals surface area (Å²) in [5.41, 5.74) is -0.333. The fourth-order valence-corrected chi connectivity index (χ4v) is 3.67. The predicted octanol–water partition coefficient (Wildman–Crippen LogP) is 3.67. The highest BCUT2D eigenvalue weighted by molar-refractivity contribution is 6.32. The van der Waals surface area contributed by atoms with Crippen molar-refractivity contribution in [3.63, 3.8) is 0 Å². The van der Waals surface area contributed by atoms with Crippen molar-refractivity contribution in [2.75, 3.05) is 12.4 Å². The largest absolute Gasteiger partial charge is 0.461 e. The minimum absolute atomic E-state index is 0.0239. The molecule has 0 aliphatic rings. The number of aryl methyl sites for hydroxylation is 1. The number of nitrogens with one attached hydrogen (secondary N) is 2. The van der Waals surface area contributed by atoms with Gasteiger partial charge in [0.1, 0.15) is 18.1 Å². The number of hydrogen-bond donors (Lipinski definition) is 2. The molecule has 0 unspecified atom stereocenters. The molecule has 0 atom stereocenters. The van der Waals surface area contributed by atoms with E-state index >= 15 is 0 Å². The van der Waals surface area contributed by atoms with Crippen molar-refractivity contribution < 1.29 is 35.9 Å². The maximum absolute atomic E-state index is 14.0. The van der Waals surface area contributed by atoms with E-state index in [-0.39, 0.29) is 39.0 Å². The lowest BCUT2D eigenvalue weighted by Gasteiger charge is -2.14. The van der Waals surface area contributed by atoms with Gasteiger partial charge in [-0.2, -0.15) is 31.8 Å². The Kier molecular flexibility index (Phi) is 7.51. The van der Waals surface area contributed by atoms with Gasteiger partial charge in [0.2, 0.25) is 0 Å². The van der Waals surface area contributed by atoms with Crippen molar-refractivity contribution in [1.29, 1.82) is 0 Å². The number of amides is 2. The molecule has 0 spiro atoms. The average molecular weight is 588 g/mol. The van der Waals surface area contributed by atoms with Gasteiger partial charge in [-0.25, -0.2) is 14.1 Å². The lowest BCUT2D eigenvalue weighted by molar-refractivity contribution is -0.292. The third-order valence-electron chi connectivity index (χ3n) is 5.34. The molecule has 210 valence electrons. The van der Waals surface area contributed by atoms with Gasteiger partial charge in [0.15, 0.2) is 5.82 Å². The number of pyridine rings is 1. The second-order valence-corrected chi connectivity index (χ2v) is 8.54. The van der Waals surface area contributed by atoms with Crippen molar-refractivity contribution in [2.45, 2.75) is 25.6 Å². The Labute approximate surface area is 225 Å². The van der Waals surface area contributed by atoms with Gasteiger partial charge in [-0.05, 0) is 48.0 Å². The summed E-state index contributed by atoms with van der Waals surface area (Å²) in [6.45, 7) is 0.867. The SMILES string of the molecule is CNC(=O)c1cc(F)cc(C)c1NC(=O)c1cc(Cn2nnc(C(F)(F)C(F)(F)F)n2)nn1-c1ncccc1Cl. The summed E-state index contributed by atoms with van der Waals surface area (Å²) in [7, 11) is 1.31. The van der Waals surface area contributed by atoms with Gasteiger partial charge in [-0.1, -0.05) is 11.6 Å². The quantitative estimate of drug-likeness (QED) is 0.315. The third-order valence-corrected chi connectivity index (χ3v) is 5.63. The number of alkyl halides is 5. The van der Waals surface area contributed by atoms with Crippen LogP contribution in [-0.4, -0.2) is 60.0 Å². The fourth-order valence-electron chi connectivity index (χ4n) is 3.47. The van der Waals surface area contributed by atoms with Crippen LogP contribution in [0.1, 0.15) is 37.9 Å². The van der Waals surface area contributed by atoms with Gasteiger partial charge < -0.3 is 10.6 Å². The first-order chi connectivity index (χ1) is 18.7. The molecule has 4 aromatic rings. The molecule has 0 saturated carbocycles. The summed E-state index contributed by atoms with van der Waals surface area (Å²) in [6.07, 6.45) is -4.61. The van der Waals surface area contributed by atoms with Crippen LogP contribution >= 0.6 is 11.6 Å². The zero-order valence-corrected chi connectivity index (χ0v) is 21.0. The highest BCUT2D eigenvalue weighted by Gasteiger charge is 2.62. The van der Waals surface area contributed by atoms with Crippen LogP contribution in [0.25, 0.3) is 5.82 Å². The van der Waals surface area contributed by atoms with Crippen molar-refractivity contribution in [2.24, 2.45) is 0 Å². The predicted molar refractivity (Wildman–Crippen MR) is 126 cm³/mol. The number of carbonyl (C=O) groups is 2. The normalized spacial score (nSPS) is 11.9. The Morgan fingerprint density at radius 3 is 2.45 bits per heavy atom. The Bertz CT molecular complexity index is 1600. The molecule has 0 radical (unpaired) electrons. The summed E-state index contributed by atoms with van der Waals surface area (Å²) in [5, 5.41) is 18.2. The Morgan fingerprint density at radius 2 is 1.80 bits per heavy atom. The van der Waals surface area contributed by atoms with E-state index in [4.69, 9.17) is 11.6 Å². The van der Waals surface area contributed by atoms with E-state index in [2.05, 4.69) is 36.1 Å². The number of rotatable bonds is 7. The molecule has 0 fully saturated rings. The Morgan fingerprint density at radius 1 is 1.07 bits per heavy atom. The third kappa shape index (κ3) is 5.45. The topological polar surface area (TPSA) is 133 Å². The highest BCUT2D eigenvalue weighted by atomic mass is 35.5. The molecule has 0 bridgehead atoms. The second kappa shape index (κ2) is 10.6. The summed E-state index contributed by atoms with van der Waals surface area (Å²) in [4.78, 5) is 30.2. The number of benzene rings is 1. The van der Waals surface area contributed by atoms with E-state index in [1.807, 2.05) is 0 Å². The van der Waals surface area contributed by atoms with E-state index < -0.39 is 42.1 Å². The van der Waals surface area contributed by atoms with Crippen LogP contribution in [-0.2, 0) is 12.5 Å². The van der Waals surface area contributed by atoms with Gasteiger partial charge in [-0.3, -0.25) is 9.59 Å². The lowest BCUT2D eigenvalue weighted by atomic mass is 10.1. The second-order valence-electron chi connectivity index (χ2n) is 8.14. The first kappa shape index (κ1) is 28.5. The number of carbonyl (C=O) groups excluding carboxylic acids is 2. The number of anilines is 1. The summed E-state index contributed by atoms with van der Waals surface area (Å²) < 4.78 is 80.1. The van der Waals surface area contributed by atoms with Gasteiger partial charge in [-0.15, -0.1) is 10.2 Å². The lowest BCUT2D eigenvalue weighted by Crippen LogP contribution is -2.35. The molecule has 3 heterocycles. The molecule has 40 heavy (non-hydrogen) atoms. The van der Waals surface area contributed by atoms with Gasteiger partial charge in [0, 0.05) is 13.2 Å². The van der Waals surface area contributed by atoms with Crippen LogP contribution < -0.4 is 10.6 Å². The maximum atomic E-state index is 14.0. The van der Waals surface area contributed by atoms with E-state index in [0.717, 1.165) is 22.9 Å². The summed E-state index contributed by atoms with van der Waals surface area (Å²) in [5.74, 6) is -9.57. The molecule has 18 heteroatoms. The monoisotopic (exact) mass is 587 g/mol. The Balaban J connectivity index is 1.74. The first-order valence-corrected chi connectivity index (χ1v) is 11.4. The van der Waals surface area contributed by atoms with E-state index in [9.17, 15) is 35.9 Å². The van der Waals surface area contributed by atoms with Crippen LogP contribution in [0.3, 0.4) is 0 Å². The van der Waals surface area contributed by atoms with Crippen molar-refractivity contribution in [1.82, 2.24) is 40.3 Å². The number of aromatic nitrogens is 7. The smallest absolute Gasteiger partial charge is 0.355 e. The zero-order chi connectivity index (χ0) is 29.4. The molecule has 4 rings (SSSR count). The molecular formula is C22H16ClF6N9O2. The minimum atomic E-state index is -5.95. The molecule has 2 N–H and O–H groups in total. The van der Waals surface area contributed by atoms with Crippen LogP contribution in [0.15, 0.2) is 36.5 Å². The fraction of sp³-hybridized carbons (Fsp3) is 0.227. The van der Waals surface area contributed by atoms with Crippen LogP contribution in [0.5, 0.6) is 0 Å². The minimum Gasteiger partial charge on any atom is -0.355 e. The maximum Gasteiger partial charge on any atom is 0.461 e. The summed E-state index contributed by atoms with van der Waals surface area (Å²) >= 11 is 6.21. The Hall–Kier alpha value is -4.54. The molecule has 11 nitrogen and oxygen atoms in total. The van der Waals surface area contributed by atoms with E-state index in [0.29, 0.717) is 4.80 Å². The van der Waals surface area contributed by atoms with E-state index in [1.165, 1.54) is 32.3 Å². The number of tetrazole rings is 1. The van der Waals surface area contributed by atoms with Crippen molar-refractivity contribution >= 4 is 29.1 Å². The first-order valence-electron chi connectivity index (χ1n) is 11.0. The molecule has 1 aromatic carbocycles. The number of halogens is 7. The van der Waals surface area contributed by atoms with Crippen LogP contribution in [0, 0.1) is 12.7 Å². The van der Waals surface area contributed by atoms with Crippen molar-refractivity contribution in [3.8, 4) is 5.82 Å². The zero-order valence-electron chi connectivity index (χ0n) is 20.3.